The van der Waals surface area contributed by atoms with Gasteiger partial charge >= 0.3 is 4.94 Å². The minimum atomic E-state index is -4.38. The Morgan fingerprint density at radius 3 is 2.44 bits per heavy atom. The molecule has 0 atom stereocenters. The van der Waals surface area contributed by atoms with Gasteiger partial charge in [-0.05, 0) is 42.5 Å². The Morgan fingerprint density at radius 2 is 1.76 bits per heavy atom. The van der Waals surface area contributed by atoms with Crippen molar-refractivity contribution in [2.45, 2.75) is 4.90 Å². The number of hydrogen-bond acceptors (Lipinski definition) is 8. The average molecular weight is 493 g/mol. The van der Waals surface area contributed by atoms with E-state index in [1.54, 1.807) is 30.3 Å². The lowest BCUT2D eigenvalue weighted by Crippen LogP contribution is -2.37. The monoisotopic (exact) mass is 492 g/mol. The zero-order chi connectivity index (χ0) is 23.9. The molecule has 8 nitrogen and oxygen atoms in total. The van der Waals surface area contributed by atoms with Crippen molar-refractivity contribution in [1.29, 1.82) is 0 Å². The van der Waals surface area contributed by atoms with E-state index < -0.39 is 20.9 Å². The van der Waals surface area contributed by atoms with Crippen LogP contribution in [-0.4, -0.2) is 26.4 Å². The molecule has 2 aromatic heterocycles. The van der Waals surface area contributed by atoms with Crippen LogP contribution in [0.5, 0.6) is 5.75 Å². The van der Waals surface area contributed by atoms with Crippen LogP contribution in [0.15, 0.2) is 93.2 Å². The Bertz CT molecular complexity index is 1690. The van der Waals surface area contributed by atoms with Gasteiger partial charge in [-0.25, -0.2) is 13.2 Å². The van der Waals surface area contributed by atoms with Crippen LogP contribution >= 0.6 is 11.3 Å². The summed E-state index contributed by atoms with van der Waals surface area (Å²) >= 11 is 0.834. The smallest absolute Gasteiger partial charge is 0.396 e. The number of fused-ring (bicyclic) bond motifs is 3. The highest BCUT2D eigenvalue weighted by molar-refractivity contribution is 7.93. The van der Waals surface area contributed by atoms with E-state index in [1.165, 1.54) is 55.9 Å². The lowest BCUT2D eigenvalue weighted by atomic mass is 10.1. The van der Waals surface area contributed by atoms with Gasteiger partial charge in [-0.15, -0.1) is 0 Å². The zero-order valence-corrected chi connectivity index (χ0v) is 19.3. The molecule has 0 aliphatic carbocycles. The topological polar surface area (TPSA) is 107 Å². The van der Waals surface area contributed by atoms with Crippen molar-refractivity contribution in [3.63, 3.8) is 0 Å². The highest BCUT2D eigenvalue weighted by Crippen LogP contribution is 2.38. The molecule has 0 spiro atoms. The Labute approximate surface area is 197 Å². The summed E-state index contributed by atoms with van der Waals surface area (Å²) in [5.41, 5.74) is 0.527. The number of carbonyl (C=O) groups excluding carboxylic acids is 1. The van der Waals surface area contributed by atoms with E-state index in [2.05, 4.69) is 4.98 Å². The predicted octanol–water partition coefficient (Wildman–Crippen LogP) is 4.45. The van der Waals surface area contributed by atoms with Crippen molar-refractivity contribution in [3.05, 3.63) is 94.4 Å². The lowest BCUT2D eigenvalue weighted by Gasteiger charge is -2.24. The summed E-state index contributed by atoms with van der Waals surface area (Å²) in [6, 6.07) is 17.1. The van der Waals surface area contributed by atoms with Crippen LogP contribution in [0.2, 0.25) is 0 Å². The molecule has 0 unspecified atom stereocenters. The lowest BCUT2D eigenvalue weighted by molar-refractivity contribution is 0.100. The van der Waals surface area contributed by atoms with Crippen molar-refractivity contribution in [1.82, 2.24) is 4.98 Å². The molecular formula is C24H16N2O6S2. The number of carbonyl (C=O) groups is 1. The predicted molar refractivity (Wildman–Crippen MR) is 129 cm³/mol. The molecule has 0 saturated carbocycles. The molecule has 0 radical (unpaired) electrons. The van der Waals surface area contributed by atoms with Gasteiger partial charge in [-0.1, -0.05) is 35.6 Å². The summed E-state index contributed by atoms with van der Waals surface area (Å²) in [5, 5.41) is 0.952. The minimum absolute atomic E-state index is 0.0872. The van der Waals surface area contributed by atoms with E-state index in [0.29, 0.717) is 26.8 Å². The van der Waals surface area contributed by atoms with Crippen molar-refractivity contribution < 1.29 is 22.4 Å². The first-order valence-corrected chi connectivity index (χ1v) is 12.2. The number of pyridine rings is 1. The molecule has 34 heavy (non-hydrogen) atoms. The number of benzene rings is 3. The molecule has 2 heterocycles. The first-order valence-electron chi connectivity index (χ1n) is 9.99. The SMILES string of the molecule is COc1ccc(S(=O)(=O)N(C(=O)c2cccnc2)c2cc3sc(=O)oc3c3ccccc23)cc1. The maximum Gasteiger partial charge on any atom is 0.396 e. The van der Waals surface area contributed by atoms with Gasteiger partial charge < -0.3 is 9.15 Å². The maximum atomic E-state index is 13.9. The largest absolute Gasteiger partial charge is 0.497 e. The average Bonchev–Trinajstić information content (AvgIpc) is 3.25. The van der Waals surface area contributed by atoms with E-state index in [0.717, 1.165) is 15.6 Å². The van der Waals surface area contributed by atoms with Crippen LogP contribution in [0, 0.1) is 0 Å². The van der Waals surface area contributed by atoms with Gasteiger partial charge in [0.2, 0.25) is 0 Å². The second-order valence-corrected chi connectivity index (χ2v) is 9.98. The van der Waals surface area contributed by atoms with Gasteiger partial charge in [-0.3, -0.25) is 9.78 Å². The molecule has 1 amide bonds. The number of nitrogens with zero attached hydrogens (tertiary/aromatic N) is 2. The third-order valence-electron chi connectivity index (χ3n) is 5.23. The number of ether oxygens (including phenoxy) is 1. The van der Waals surface area contributed by atoms with Gasteiger partial charge in [0.05, 0.1) is 28.0 Å². The third-order valence-corrected chi connectivity index (χ3v) is 7.71. The summed E-state index contributed by atoms with van der Waals surface area (Å²) in [6.07, 6.45) is 2.79. The molecule has 0 aliphatic rings. The molecule has 170 valence electrons. The number of anilines is 1. The molecule has 0 saturated heterocycles. The molecule has 0 fully saturated rings. The highest BCUT2D eigenvalue weighted by Gasteiger charge is 2.34. The summed E-state index contributed by atoms with van der Waals surface area (Å²) < 4.78 is 39.4. The van der Waals surface area contributed by atoms with Gasteiger partial charge in [0.15, 0.2) is 5.58 Å². The van der Waals surface area contributed by atoms with Gasteiger partial charge in [0.1, 0.15) is 5.75 Å². The van der Waals surface area contributed by atoms with Gasteiger partial charge in [0, 0.05) is 23.2 Å². The minimum Gasteiger partial charge on any atom is -0.497 e. The normalized spacial score (nSPS) is 11.6. The summed E-state index contributed by atoms with van der Waals surface area (Å²) in [6.45, 7) is 0. The van der Waals surface area contributed by atoms with E-state index in [9.17, 15) is 18.0 Å². The Hall–Kier alpha value is -4.02. The zero-order valence-electron chi connectivity index (χ0n) is 17.7. The van der Waals surface area contributed by atoms with E-state index in [1.807, 2.05) is 0 Å². The van der Waals surface area contributed by atoms with Gasteiger partial charge in [0.25, 0.3) is 15.9 Å². The quantitative estimate of drug-likeness (QED) is 0.357. The van der Waals surface area contributed by atoms with Crippen molar-refractivity contribution in [2.24, 2.45) is 0 Å². The maximum absolute atomic E-state index is 13.9. The van der Waals surface area contributed by atoms with E-state index in [4.69, 9.17) is 9.15 Å². The first-order chi connectivity index (χ1) is 16.4. The van der Waals surface area contributed by atoms with E-state index >= 15 is 0 Å². The summed E-state index contributed by atoms with van der Waals surface area (Å²) in [4.78, 5) is 29.0. The fourth-order valence-corrected chi connectivity index (χ4v) is 5.80. The van der Waals surface area contributed by atoms with Crippen molar-refractivity contribution in [2.75, 3.05) is 11.4 Å². The molecule has 3 aromatic carbocycles. The number of hydrogen-bond donors (Lipinski definition) is 0. The van der Waals surface area contributed by atoms with Crippen LogP contribution < -0.4 is 14.0 Å². The molecule has 0 bridgehead atoms. The molecule has 5 aromatic rings. The first kappa shape index (κ1) is 21.8. The second kappa shape index (κ2) is 8.40. The fourth-order valence-electron chi connectivity index (χ4n) is 3.66. The molecule has 0 N–H and O–H groups in total. The number of amides is 1. The van der Waals surface area contributed by atoms with Gasteiger partial charge in [-0.2, -0.15) is 4.31 Å². The van der Waals surface area contributed by atoms with Crippen LogP contribution in [0.25, 0.3) is 21.1 Å². The van der Waals surface area contributed by atoms with Crippen LogP contribution in [-0.2, 0) is 10.0 Å². The Kier molecular flexibility index (Phi) is 5.39. The van der Waals surface area contributed by atoms with E-state index in [-0.39, 0.29) is 16.1 Å². The Balaban J connectivity index is 1.82. The third kappa shape index (κ3) is 3.62. The molecule has 0 aliphatic heterocycles. The van der Waals surface area contributed by atoms with Crippen molar-refractivity contribution >= 4 is 54.0 Å². The number of rotatable bonds is 5. The Morgan fingerprint density at radius 1 is 1.03 bits per heavy atom. The standard InChI is InChI=1S/C24H16N2O6S2/c1-31-16-8-10-17(11-9-16)34(29,30)26(23(27)15-5-4-12-25-14-15)20-13-21-22(32-24(28)33-21)19-7-3-2-6-18(19)20/h2-14H,1H3. The molecular weight excluding hydrogens is 476 g/mol. The summed E-state index contributed by atoms with van der Waals surface area (Å²) in [5.74, 6) is -0.316. The van der Waals surface area contributed by atoms with Crippen LogP contribution in [0.4, 0.5) is 5.69 Å². The molecule has 5 rings (SSSR count). The highest BCUT2D eigenvalue weighted by atomic mass is 32.2. The molecule has 10 heteroatoms. The summed E-state index contributed by atoms with van der Waals surface area (Å²) in [7, 11) is -2.91. The number of sulfonamides is 1. The van der Waals surface area contributed by atoms with Crippen LogP contribution in [0.1, 0.15) is 10.4 Å². The second-order valence-electron chi connectivity index (χ2n) is 7.21. The fraction of sp³-hybridized carbons (Fsp3) is 0.0417. The number of methoxy groups -OCH3 is 1. The van der Waals surface area contributed by atoms with Crippen LogP contribution in [0.3, 0.4) is 0 Å². The van der Waals surface area contributed by atoms with Crippen molar-refractivity contribution in [3.8, 4) is 5.75 Å². The number of aromatic nitrogens is 1.